The van der Waals surface area contributed by atoms with E-state index in [1.165, 1.54) is 19.3 Å². The first kappa shape index (κ1) is 14.4. The topological polar surface area (TPSA) is 49.4 Å². The van der Waals surface area contributed by atoms with Crippen molar-refractivity contribution < 1.29 is 9.59 Å². The van der Waals surface area contributed by atoms with Gasteiger partial charge in [-0.3, -0.25) is 9.59 Å². The van der Waals surface area contributed by atoms with Gasteiger partial charge in [0.1, 0.15) is 6.04 Å². The molecule has 0 aromatic heterocycles. The van der Waals surface area contributed by atoms with E-state index in [1.807, 2.05) is 4.90 Å². The van der Waals surface area contributed by atoms with Crippen molar-refractivity contribution in [3.8, 4) is 0 Å². The Labute approximate surface area is 115 Å². The van der Waals surface area contributed by atoms with Gasteiger partial charge in [-0.25, -0.2) is 0 Å². The van der Waals surface area contributed by atoms with Crippen LogP contribution in [0.2, 0.25) is 0 Å². The zero-order valence-electron chi connectivity index (χ0n) is 12.2. The summed E-state index contributed by atoms with van der Waals surface area (Å²) in [6, 6.07) is -0.269. The molecule has 19 heavy (non-hydrogen) atoms. The molecule has 0 bridgehead atoms. The monoisotopic (exact) mass is 266 g/mol. The van der Waals surface area contributed by atoms with Gasteiger partial charge in [-0.2, -0.15) is 0 Å². The third-order valence-corrected chi connectivity index (χ3v) is 4.21. The van der Waals surface area contributed by atoms with Crippen LogP contribution in [-0.4, -0.2) is 35.8 Å². The third-order valence-electron chi connectivity index (χ3n) is 4.21. The predicted molar refractivity (Wildman–Crippen MR) is 74.5 cm³/mol. The molecule has 0 aromatic rings. The lowest BCUT2D eigenvalue weighted by Crippen LogP contribution is -2.50. The molecular formula is C15H26N2O2. The number of amides is 2. The van der Waals surface area contributed by atoms with Gasteiger partial charge in [0, 0.05) is 19.5 Å². The Balaban J connectivity index is 2.09. The number of hydrogen-bond acceptors (Lipinski definition) is 2. The molecule has 2 aliphatic rings. The fourth-order valence-corrected chi connectivity index (χ4v) is 3.26. The summed E-state index contributed by atoms with van der Waals surface area (Å²) in [5.41, 5.74) is 0. The first-order chi connectivity index (χ1) is 9.08. The van der Waals surface area contributed by atoms with E-state index in [1.54, 1.807) is 0 Å². The van der Waals surface area contributed by atoms with Gasteiger partial charge >= 0.3 is 0 Å². The van der Waals surface area contributed by atoms with E-state index in [0.29, 0.717) is 24.8 Å². The van der Waals surface area contributed by atoms with Crippen LogP contribution in [0.3, 0.4) is 0 Å². The quantitative estimate of drug-likeness (QED) is 0.848. The van der Waals surface area contributed by atoms with Crippen LogP contribution in [0.4, 0.5) is 0 Å². The number of nitrogens with one attached hydrogen (secondary N) is 1. The minimum Gasteiger partial charge on any atom is -0.344 e. The highest BCUT2D eigenvalue weighted by Crippen LogP contribution is 2.28. The molecule has 1 saturated carbocycles. The van der Waals surface area contributed by atoms with Crippen molar-refractivity contribution in [1.29, 1.82) is 0 Å². The summed E-state index contributed by atoms with van der Waals surface area (Å²) >= 11 is 0. The Kier molecular flexibility index (Phi) is 4.83. The smallest absolute Gasteiger partial charge is 0.245 e. The maximum absolute atomic E-state index is 12.6. The van der Waals surface area contributed by atoms with E-state index in [4.69, 9.17) is 0 Å². The predicted octanol–water partition coefficient (Wildman–Crippen LogP) is 1.94. The van der Waals surface area contributed by atoms with E-state index in [-0.39, 0.29) is 17.9 Å². The van der Waals surface area contributed by atoms with Crippen molar-refractivity contribution >= 4 is 11.8 Å². The Hall–Kier alpha value is -1.06. The third kappa shape index (κ3) is 3.71. The second kappa shape index (κ2) is 6.40. The molecule has 4 nitrogen and oxygen atoms in total. The number of nitrogens with zero attached hydrogens (tertiary/aromatic N) is 1. The zero-order chi connectivity index (χ0) is 13.8. The average Bonchev–Trinajstić information content (AvgIpc) is 2.52. The van der Waals surface area contributed by atoms with Crippen molar-refractivity contribution in [1.82, 2.24) is 10.2 Å². The van der Waals surface area contributed by atoms with Gasteiger partial charge in [0.25, 0.3) is 0 Å². The number of carbonyl (C=O) groups is 2. The van der Waals surface area contributed by atoms with Crippen molar-refractivity contribution in [2.45, 2.75) is 58.4 Å². The Bertz CT molecular complexity index is 335. The molecule has 1 heterocycles. The lowest BCUT2D eigenvalue weighted by atomic mass is 9.83. The van der Waals surface area contributed by atoms with Gasteiger partial charge in [0.2, 0.25) is 11.8 Å². The minimum absolute atomic E-state index is 0.0372. The largest absolute Gasteiger partial charge is 0.344 e. The Morgan fingerprint density at radius 1 is 1.21 bits per heavy atom. The lowest BCUT2D eigenvalue weighted by Gasteiger charge is -2.32. The van der Waals surface area contributed by atoms with Gasteiger partial charge in [0.05, 0.1) is 0 Å². The summed E-state index contributed by atoms with van der Waals surface area (Å²) < 4.78 is 0. The summed E-state index contributed by atoms with van der Waals surface area (Å²) in [5.74, 6) is 0.976. The first-order valence-electron chi connectivity index (χ1n) is 7.66. The number of hydrogen-bond donors (Lipinski definition) is 1. The van der Waals surface area contributed by atoms with Crippen LogP contribution < -0.4 is 5.32 Å². The van der Waals surface area contributed by atoms with Gasteiger partial charge in [0.15, 0.2) is 0 Å². The number of carbonyl (C=O) groups excluding carboxylic acids is 2. The molecule has 4 heteroatoms. The molecule has 108 valence electrons. The Morgan fingerprint density at radius 2 is 1.89 bits per heavy atom. The summed E-state index contributed by atoms with van der Waals surface area (Å²) in [4.78, 5) is 26.4. The molecule has 1 unspecified atom stereocenters. The van der Waals surface area contributed by atoms with Gasteiger partial charge in [-0.05, 0) is 24.7 Å². The normalized spacial score (nSPS) is 26.5. The highest BCUT2D eigenvalue weighted by molar-refractivity contribution is 5.90. The van der Waals surface area contributed by atoms with E-state index >= 15 is 0 Å². The van der Waals surface area contributed by atoms with E-state index in [9.17, 15) is 9.59 Å². The molecule has 2 amide bonds. The van der Waals surface area contributed by atoms with Crippen LogP contribution >= 0.6 is 0 Å². The van der Waals surface area contributed by atoms with Crippen LogP contribution in [0.1, 0.15) is 52.4 Å². The highest BCUT2D eigenvalue weighted by Gasteiger charge is 2.35. The van der Waals surface area contributed by atoms with Gasteiger partial charge < -0.3 is 10.2 Å². The summed E-state index contributed by atoms with van der Waals surface area (Å²) in [6.45, 7) is 5.56. The molecular weight excluding hydrogens is 240 g/mol. The minimum atomic E-state index is -0.269. The molecule has 1 atom stereocenters. The van der Waals surface area contributed by atoms with Crippen LogP contribution in [0.15, 0.2) is 0 Å². The fraction of sp³-hybridized carbons (Fsp3) is 0.867. The molecule has 0 radical (unpaired) electrons. The van der Waals surface area contributed by atoms with E-state index in [0.717, 1.165) is 19.4 Å². The van der Waals surface area contributed by atoms with Crippen molar-refractivity contribution in [2.75, 3.05) is 13.1 Å². The average molecular weight is 266 g/mol. The van der Waals surface area contributed by atoms with Gasteiger partial charge in [-0.1, -0.05) is 33.1 Å². The lowest BCUT2D eigenvalue weighted by molar-refractivity contribution is -0.135. The van der Waals surface area contributed by atoms with Crippen molar-refractivity contribution in [3.05, 3.63) is 0 Å². The molecule has 0 spiro atoms. The SMILES string of the molecule is CC(C)CN1CCC(=O)NC(C2CCCCC2)C1=O. The molecule has 1 aliphatic carbocycles. The van der Waals surface area contributed by atoms with Crippen LogP contribution in [-0.2, 0) is 9.59 Å². The van der Waals surface area contributed by atoms with Crippen LogP contribution in [0, 0.1) is 11.8 Å². The highest BCUT2D eigenvalue weighted by atomic mass is 16.2. The summed E-state index contributed by atoms with van der Waals surface area (Å²) in [7, 11) is 0. The van der Waals surface area contributed by atoms with Crippen molar-refractivity contribution in [3.63, 3.8) is 0 Å². The molecule has 1 N–H and O–H groups in total. The fourth-order valence-electron chi connectivity index (χ4n) is 3.26. The Morgan fingerprint density at radius 3 is 2.53 bits per heavy atom. The van der Waals surface area contributed by atoms with E-state index < -0.39 is 0 Å². The van der Waals surface area contributed by atoms with Crippen LogP contribution in [0.5, 0.6) is 0 Å². The molecule has 2 rings (SSSR count). The maximum Gasteiger partial charge on any atom is 0.245 e. The standard InChI is InChI=1S/C15H26N2O2/c1-11(2)10-17-9-8-13(18)16-14(15(17)19)12-6-4-3-5-7-12/h11-12,14H,3-10H2,1-2H3,(H,16,18). The van der Waals surface area contributed by atoms with Crippen LogP contribution in [0.25, 0.3) is 0 Å². The first-order valence-corrected chi connectivity index (χ1v) is 7.66. The van der Waals surface area contributed by atoms with Gasteiger partial charge in [-0.15, -0.1) is 0 Å². The maximum atomic E-state index is 12.6. The molecule has 1 saturated heterocycles. The zero-order valence-corrected chi connectivity index (χ0v) is 12.2. The summed E-state index contributed by atoms with van der Waals surface area (Å²) in [5, 5.41) is 2.97. The second-order valence-corrected chi connectivity index (χ2v) is 6.37. The molecule has 2 fully saturated rings. The summed E-state index contributed by atoms with van der Waals surface area (Å²) in [6.07, 6.45) is 6.24. The molecule has 0 aromatic carbocycles. The number of rotatable bonds is 3. The van der Waals surface area contributed by atoms with Crippen molar-refractivity contribution in [2.24, 2.45) is 11.8 Å². The molecule has 1 aliphatic heterocycles. The second-order valence-electron chi connectivity index (χ2n) is 6.37. The van der Waals surface area contributed by atoms with E-state index in [2.05, 4.69) is 19.2 Å².